The van der Waals surface area contributed by atoms with E-state index in [4.69, 9.17) is 9.15 Å². The van der Waals surface area contributed by atoms with E-state index in [1.165, 1.54) is 11.3 Å². The second kappa shape index (κ2) is 6.91. The van der Waals surface area contributed by atoms with Crippen LogP contribution in [0.25, 0.3) is 0 Å². The zero-order valence-corrected chi connectivity index (χ0v) is 12.1. The first-order chi connectivity index (χ1) is 9.65. The van der Waals surface area contributed by atoms with Crippen molar-refractivity contribution in [3.05, 3.63) is 46.5 Å². The SMILES string of the molecule is CC(C)OC(=NCc1ccco1)NC(=O)c1cccs1. The number of aliphatic imine (C=N–C) groups is 1. The molecule has 0 saturated heterocycles. The predicted molar refractivity (Wildman–Crippen MR) is 77.9 cm³/mol. The molecule has 0 atom stereocenters. The van der Waals surface area contributed by atoms with Gasteiger partial charge in [0.25, 0.3) is 11.9 Å². The highest BCUT2D eigenvalue weighted by Crippen LogP contribution is 2.08. The summed E-state index contributed by atoms with van der Waals surface area (Å²) >= 11 is 1.37. The van der Waals surface area contributed by atoms with Crippen LogP contribution in [0.1, 0.15) is 29.3 Å². The Morgan fingerprint density at radius 3 is 2.90 bits per heavy atom. The number of carbonyl (C=O) groups excluding carboxylic acids is 1. The molecule has 2 rings (SSSR count). The van der Waals surface area contributed by atoms with Gasteiger partial charge in [-0.05, 0) is 37.4 Å². The molecule has 5 nitrogen and oxygen atoms in total. The normalized spacial score (nSPS) is 11.7. The lowest BCUT2D eigenvalue weighted by Gasteiger charge is -2.12. The number of furan rings is 1. The predicted octanol–water partition coefficient (Wildman–Crippen LogP) is 3.05. The number of amides is 1. The summed E-state index contributed by atoms with van der Waals surface area (Å²) < 4.78 is 10.7. The first-order valence-corrected chi connectivity index (χ1v) is 7.11. The number of hydrogen-bond donors (Lipinski definition) is 1. The monoisotopic (exact) mass is 292 g/mol. The van der Waals surface area contributed by atoms with Crippen LogP contribution < -0.4 is 5.32 Å². The minimum atomic E-state index is -0.223. The molecule has 0 aromatic carbocycles. The molecule has 106 valence electrons. The highest BCUT2D eigenvalue weighted by molar-refractivity contribution is 7.12. The molecule has 0 bridgehead atoms. The Kier molecular flexibility index (Phi) is 4.95. The molecule has 1 amide bonds. The maximum absolute atomic E-state index is 12.0. The summed E-state index contributed by atoms with van der Waals surface area (Å²) in [6, 6.07) is 7.38. The van der Waals surface area contributed by atoms with Gasteiger partial charge in [-0.15, -0.1) is 11.3 Å². The molecule has 0 aliphatic heterocycles. The fourth-order valence-corrected chi connectivity index (χ4v) is 2.07. The first-order valence-electron chi connectivity index (χ1n) is 6.23. The molecule has 0 unspecified atom stereocenters. The molecule has 0 saturated carbocycles. The Morgan fingerprint density at radius 2 is 2.30 bits per heavy atom. The Bertz CT molecular complexity index is 559. The Morgan fingerprint density at radius 1 is 1.45 bits per heavy atom. The second-order valence-corrected chi connectivity index (χ2v) is 5.25. The zero-order valence-electron chi connectivity index (χ0n) is 11.3. The summed E-state index contributed by atoms with van der Waals surface area (Å²) in [5.41, 5.74) is 0. The molecule has 20 heavy (non-hydrogen) atoms. The fraction of sp³-hybridized carbons (Fsp3) is 0.286. The molecule has 0 radical (unpaired) electrons. The van der Waals surface area contributed by atoms with Gasteiger partial charge in [-0.3, -0.25) is 10.1 Å². The highest BCUT2D eigenvalue weighted by atomic mass is 32.1. The average Bonchev–Trinajstić information content (AvgIpc) is 3.08. The lowest BCUT2D eigenvalue weighted by Crippen LogP contribution is -2.33. The van der Waals surface area contributed by atoms with Gasteiger partial charge in [0.15, 0.2) is 0 Å². The topological polar surface area (TPSA) is 63.8 Å². The number of nitrogens with one attached hydrogen (secondary N) is 1. The maximum Gasteiger partial charge on any atom is 0.292 e. The molecule has 0 aliphatic rings. The molecule has 0 spiro atoms. The van der Waals surface area contributed by atoms with Gasteiger partial charge in [0.2, 0.25) is 0 Å². The van der Waals surface area contributed by atoms with E-state index < -0.39 is 0 Å². The van der Waals surface area contributed by atoms with E-state index in [9.17, 15) is 4.79 Å². The van der Waals surface area contributed by atoms with E-state index in [1.54, 1.807) is 18.4 Å². The number of nitrogens with zero attached hydrogens (tertiary/aromatic N) is 1. The molecule has 2 aromatic rings. The van der Waals surface area contributed by atoms with Gasteiger partial charge in [-0.2, -0.15) is 0 Å². The fourth-order valence-electron chi connectivity index (χ4n) is 1.45. The van der Waals surface area contributed by atoms with Crippen LogP contribution in [0.5, 0.6) is 0 Å². The van der Waals surface area contributed by atoms with Crippen LogP contribution in [0, 0.1) is 0 Å². The van der Waals surface area contributed by atoms with Crippen molar-refractivity contribution >= 4 is 23.3 Å². The van der Waals surface area contributed by atoms with Crippen molar-refractivity contribution in [1.29, 1.82) is 0 Å². The van der Waals surface area contributed by atoms with E-state index in [0.29, 0.717) is 17.2 Å². The molecule has 2 heterocycles. The lowest BCUT2D eigenvalue weighted by atomic mass is 10.4. The van der Waals surface area contributed by atoms with E-state index in [0.717, 1.165) is 0 Å². The molecule has 1 N–H and O–H groups in total. The quantitative estimate of drug-likeness (QED) is 0.696. The van der Waals surface area contributed by atoms with Crippen molar-refractivity contribution in [2.75, 3.05) is 0 Å². The molecular formula is C14H16N2O3S. The summed E-state index contributed by atoms with van der Waals surface area (Å²) in [7, 11) is 0. The number of carbonyl (C=O) groups is 1. The number of rotatable bonds is 4. The van der Waals surface area contributed by atoms with Gasteiger partial charge in [0.1, 0.15) is 12.3 Å². The van der Waals surface area contributed by atoms with Gasteiger partial charge in [0, 0.05) is 0 Å². The van der Waals surface area contributed by atoms with Crippen molar-refractivity contribution in [3.63, 3.8) is 0 Å². The van der Waals surface area contributed by atoms with Crippen molar-refractivity contribution < 1.29 is 13.9 Å². The average molecular weight is 292 g/mol. The van der Waals surface area contributed by atoms with Crippen LogP contribution in [-0.2, 0) is 11.3 Å². The maximum atomic E-state index is 12.0. The Hall–Kier alpha value is -2.08. The van der Waals surface area contributed by atoms with Crippen LogP contribution >= 0.6 is 11.3 Å². The van der Waals surface area contributed by atoms with Gasteiger partial charge in [0.05, 0.1) is 17.2 Å². The van der Waals surface area contributed by atoms with Gasteiger partial charge in [-0.1, -0.05) is 6.07 Å². The summed E-state index contributed by atoms with van der Waals surface area (Å²) in [5, 5.41) is 4.52. The first kappa shape index (κ1) is 14.3. The van der Waals surface area contributed by atoms with Crippen molar-refractivity contribution in [1.82, 2.24) is 5.32 Å². The summed E-state index contributed by atoms with van der Waals surface area (Å²) in [6.07, 6.45) is 1.51. The van der Waals surface area contributed by atoms with Crippen molar-refractivity contribution in [2.24, 2.45) is 4.99 Å². The van der Waals surface area contributed by atoms with Gasteiger partial charge in [-0.25, -0.2) is 4.99 Å². The summed E-state index contributed by atoms with van der Waals surface area (Å²) in [4.78, 5) is 16.8. The molecule has 2 aromatic heterocycles. The minimum Gasteiger partial charge on any atom is -0.467 e. The molecular weight excluding hydrogens is 276 g/mol. The van der Waals surface area contributed by atoms with Gasteiger partial charge < -0.3 is 9.15 Å². The lowest BCUT2D eigenvalue weighted by molar-refractivity contribution is 0.0963. The van der Waals surface area contributed by atoms with Crippen LogP contribution in [-0.4, -0.2) is 18.0 Å². The van der Waals surface area contributed by atoms with Crippen molar-refractivity contribution in [2.45, 2.75) is 26.5 Å². The smallest absolute Gasteiger partial charge is 0.292 e. The highest BCUT2D eigenvalue weighted by Gasteiger charge is 2.12. The third-order valence-electron chi connectivity index (χ3n) is 2.27. The number of amidine groups is 1. The largest absolute Gasteiger partial charge is 0.467 e. The number of hydrogen-bond acceptors (Lipinski definition) is 5. The van der Waals surface area contributed by atoms with Crippen LogP contribution in [0.2, 0.25) is 0 Å². The van der Waals surface area contributed by atoms with E-state index in [-0.39, 0.29) is 18.0 Å². The van der Waals surface area contributed by atoms with E-state index in [1.807, 2.05) is 31.4 Å². The van der Waals surface area contributed by atoms with E-state index in [2.05, 4.69) is 10.3 Å². The van der Waals surface area contributed by atoms with Crippen LogP contribution in [0.4, 0.5) is 0 Å². The summed E-state index contributed by atoms with van der Waals surface area (Å²) in [5.74, 6) is 0.485. The number of ether oxygens (including phenoxy) is 1. The second-order valence-electron chi connectivity index (χ2n) is 4.30. The third kappa shape index (κ3) is 4.24. The Labute approximate surface area is 121 Å². The van der Waals surface area contributed by atoms with Gasteiger partial charge >= 0.3 is 0 Å². The zero-order chi connectivity index (χ0) is 14.4. The molecule has 0 fully saturated rings. The van der Waals surface area contributed by atoms with Crippen LogP contribution in [0.15, 0.2) is 45.3 Å². The molecule has 0 aliphatic carbocycles. The minimum absolute atomic E-state index is 0.0750. The number of thiophene rings is 1. The summed E-state index contributed by atoms with van der Waals surface area (Å²) in [6.45, 7) is 4.07. The van der Waals surface area contributed by atoms with E-state index >= 15 is 0 Å². The Balaban J connectivity index is 2.03. The van der Waals surface area contributed by atoms with Crippen molar-refractivity contribution in [3.8, 4) is 0 Å². The standard InChI is InChI=1S/C14H16N2O3S/c1-10(2)19-14(15-9-11-5-3-7-18-11)16-13(17)12-6-4-8-20-12/h3-8,10H,9H2,1-2H3,(H,15,16,17). The third-order valence-corrected chi connectivity index (χ3v) is 3.14. The molecule has 6 heteroatoms. The van der Waals surface area contributed by atoms with Crippen LogP contribution in [0.3, 0.4) is 0 Å².